The van der Waals surface area contributed by atoms with Gasteiger partial charge >= 0.3 is 5.97 Å². The molecule has 13 heteroatoms. The van der Waals surface area contributed by atoms with Crippen molar-refractivity contribution in [2.45, 2.75) is 75.8 Å². The zero-order valence-electron chi connectivity index (χ0n) is 25.5. The van der Waals surface area contributed by atoms with Gasteiger partial charge in [-0.25, -0.2) is 9.78 Å². The summed E-state index contributed by atoms with van der Waals surface area (Å²) in [7, 11) is 0. The van der Waals surface area contributed by atoms with Gasteiger partial charge in [0.05, 0.1) is 29.7 Å². The Morgan fingerprint density at radius 2 is 1.69 bits per heavy atom. The average molecular weight is 619 g/mol. The average Bonchev–Trinajstić information content (AvgIpc) is 3.27. The van der Waals surface area contributed by atoms with Crippen LogP contribution in [0.1, 0.15) is 62.5 Å². The van der Waals surface area contributed by atoms with Crippen molar-refractivity contribution in [3.8, 4) is 0 Å². The Labute approximate surface area is 260 Å². The van der Waals surface area contributed by atoms with Crippen LogP contribution in [-0.4, -0.2) is 78.9 Å². The Balaban J connectivity index is 1.63. The molecule has 1 saturated heterocycles. The number of rotatable bonds is 11. The first-order valence-corrected chi connectivity index (χ1v) is 14.6. The first-order valence-electron chi connectivity index (χ1n) is 14.6. The van der Waals surface area contributed by atoms with Gasteiger partial charge in [-0.2, -0.15) is 0 Å². The van der Waals surface area contributed by atoms with Crippen molar-refractivity contribution in [2.24, 2.45) is 11.5 Å². The van der Waals surface area contributed by atoms with E-state index in [0.29, 0.717) is 23.9 Å². The molecule has 1 aromatic heterocycles. The van der Waals surface area contributed by atoms with Gasteiger partial charge in [0.1, 0.15) is 16.8 Å². The Hall–Kier alpha value is -4.75. The second kappa shape index (κ2) is 13.1. The molecule has 2 aromatic carbocycles. The minimum Gasteiger partial charge on any atom is -0.456 e. The first kappa shape index (κ1) is 33.1. The van der Waals surface area contributed by atoms with Crippen LogP contribution in [0.15, 0.2) is 60.8 Å². The molecule has 1 aliphatic heterocycles. The van der Waals surface area contributed by atoms with Gasteiger partial charge in [0, 0.05) is 13.0 Å². The molecule has 45 heavy (non-hydrogen) atoms. The number of nitrogens with two attached hydrogens (primary N) is 2. The molecule has 0 aliphatic carbocycles. The van der Waals surface area contributed by atoms with Crippen molar-refractivity contribution in [2.75, 3.05) is 6.54 Å². The number of hydrogen-bond donors (Lipinski definition) is 4. The molecule has 6 N–H and O–H groups in total. The number of aromatic nitrogens is 2. The quantitative estimate of drug-likeness (QED) is 0.225. The number of esters is 1. The van der Waals surface area contributed by atoms with Crippen LogP contribution in [0.4, 0.5) is 0 Å². The highest BCUT2D eigenvalue weighted by Crippen LogP contribution is 2.39. The van der Waals surface area contributed by atoms with E-state index in [2.05, 4.69) is 15.3 Å². The van der Waals surface area contributed by atoms with Crippen molar-refractivity contribution >= 4 is 40.5 Å². The van der Waals surface area contributed by atoms with Crippen LogP contribution >= 0.6 is 0 Å². The van der Waals surface area contributed by atoms with Gasteiger partial charge in [-0.05, 0) is 57.7 Å². The maximum Gasteiger partial charge on any atom is 0.362 e. The predicted octanol–water partition coefficient (Wildman–Crippen LogP) is 1.16. The van der Waals surface area contributed by atoms with Crippen LogP contribution in [-0.2, 0) is 30.3 Å². The number of para-hydroxylation sites is 2. The molecule has 238 valence electrons. The smallest absolute Gasteiger partial charge is 0.362 e. The summed E-state index contributed by atoms with van der Waals surface area (Å²) >= 11 is 0. The number of primary amides is 1. The molecule has 1 aliphatic rings. The topological polar surface area (TPSA) is 208 Å². The minimum atomic E-state index is -2.95. The van der Waals surface area contributed by atoms with Gasteiger partial charge in [-0.15, -0.1) is 0 Å². The number of aryl methyl sites for hydroxylation is 1. The number of carbonyl (C=O) groups excluding carboxylic acids is 5. The second-order valence-corrected chi connectivity index (χ2v) is 12.1. The van der Waals surface area contributed by atoms with E-state index in [1.807, 2.05) is 30.3 Å². The molecule has 3 atom stereocenters. The number of nitrogens with one attached hydrogen (secondary N) is 1. The molecule has 3 aromatic rings. The molecule has 4 rings (SSSR count). The van der Waals surface area contributed by atoms with Crippen LogP contribution < -0.4 is 16.8 Å². The van der Waals surface area contributed by atoms with Crippen LogP contribution in [0.3, 0.4) is 0 Å². The molecule has 0 saturated carbocycles. The van der Waals surface area contributed by atoms with Crippen molar-refractivity contribution in [3.05, 3.63) is 72.1 Å². The Bertz CT molecular complexity index is 1610. The summed E-state index contributed by atoms with van der Waals surface area (Å²) in [6.07, 6.45) is 1.01. The predicted molar refractivity (Wildman–Crippen MR) is 163 cm³/mol. The lowest BCUT2D eigenvalue weighted by molar-refractivity contribution is -0.207. The highest BCUT2D eigenvalue weighted by Gasteiger charge is 2.69. The SMILES string of the molecule is CC(C)(C)OC(=O)[C@]1(O)N(C(=O)CCCc2ccccc2)CC[C@@]1(N)C(=O)[C@H](CC(N)=O)NC(=O)c1cnc2ccccc2n1. The number of aliphatic hydroxyl groups is 1. The molecule has 3 amide bonds. The summed E-state index contributed by atoms with van der Waals surface area (Å²) < 4.78 is 5.46. The van der Waals surface area contributed by atoms with Crippen LogP contribution in [0.2, 0.25) is 0 Å². The normalized spacial score (nSPS) is 20.4. The van der Waals surface area contributed by atoms with Gasteiger partial charge in [-0.3, -0.25) is 24.2 Å². The summed E-state index contributed by atoms with van der Waals surface area (Å²) in [6.45, 7) is 4.39. The molecule has 0 unspecified atom stereocenters. The number of benzene rings is 2. The van der Waals surface area contributed by atoms with Gasteiger partial charge in [0.2, 0.25) is 11.8 Å². The first-order chi connectivity index (χ1) is 21.2. The Morgan fingerprint density at radius 3 is 2.33 bits per heavy atom. The molecule has 2 heterocycles. The monoisotopic (exact) mass is 618 g/mol. The number of Topliss-reactive ketones (excluding diaryl/α,β-unsaturated/α-hetero) is 1. The molecular formula is C32H38N6O7. The highest BCUT2D eigenvalue weighted by atomic mass is 16.6. The molecule has 0 bridgehead atoms. The molecule has 13 nitrogen and oxygen atoms in total. The molecule has 0 spiro atoms. The summed E-state index contributed by atoms with van der Waals surface area (Å²) in [6, 6.07) is 14.6. The molecule has 0 radical (unpaired) electrons. The van der Waals surface area contributed by atoms with Crippen molar-refractivity contribution in [1.82, 2.24) is 20.2 Å². The largest absolute Gasteiger partial charge is 0.456 e. The van der Waals surface area contributed by atoms with Gasteiger partial charge < -0.3 is 31.5 Å². The standard InChI is InChI=1S/C32H38N6O7/c1-30(2,3)45-29(43)32(44)31(34,16-17-38(32)26(40)15-9-12-20-10-5-4-6-11-20)27(41)23(18-25(33)39)37-28(42)24-19-35-21-13-7-8-14-22(21)36-24/h4-8,10-11,13-14,19,23,44H,9,12,15-18,34H2,1-3H3,(H2,33,39)(H,37,42)/t23-,31+,32+/m0/s1. The fourth-order valence-electron chi connectivity index (χ4n) is 5.35. The fraction of sp³-hybridized carbons (Fsp3) is 0.406. The van der Waals surface area contributed by atoms with Crippen LogP contribution in [0.5, 0.6) is 0 Å². The van der Waals surface area contributed by atoms with Crippen molar-refractivity contribution in [3.63, 3.8) is 0 Å². The van der Waals surface area contributed by atoms with E-state index in [0.717, 1.165) is 10.5 Å². The Morgan fingerprint density at radius 1 is 1.04 bits per heavy atom. The molecule has 1 fully saturated rings. The third kappa shape index (κ3) is 7.15. The van der Waals surface area contributed by atoms with E-state index in [9.17, 15) is 29.1 Å². The number of nitrogens with zero attached hydrogens (tertiary/aromatic N) is 3. The Kier molecular flexibility index (Phi) is 9.64. The number of hydrogen-bond acceptors (Lipinski definition) is 10. The van der Waals surface area contributed by atoms with Crippen LogP contribution in [0, 0.1) is 0 Å². The maximum atomic E-state index is 14.1. The van der Waals surface area contributed by atoms with Gasteiger partial charge in [0.25, 0.3) is 11.6 Å². The van der Waals surface area contributed by atoms with E-state index in [-0.39, 0.29) is 25.1 Å². The fourth-order valence-corrected chi connectivity index (χ4v) is 5.35. The lowest BCUT2D eigenvalue weighted by atomic mass is 9.79. The highest BCUT2D eigenvalue weighted by molar-refractivity contribution is 6.06. The van der Waals surface area contributed by atoms with Crippen LogP contribution in [0.25, 0.3) is 11.0 Å². The van der Waals surface area contributed by atoms with E-state index in [1.54, 1.807) is 45.0 Å². The van der Waals surface area contributed by atoms with Crippen molar-refractivity contribution < 1.29 is 33.8 Å². The maximum absolute atomic E-state index is 14.1. The summed E-state index contributed by atoms with van der Waals surface area (Å²) in [5, 5.41) is 14.5. The number of ether oxygens (including phenoxy) is 1. The number of carbonyl (C=O) groups is 5. The summed E-state index contributed by atoms with van der Waals surface area (Å²) in [4.78, 5) is 75.8. The number of ketones is 1. The van der Waals surface area contributed by atoms with E-state index in [1.165, 1.54) is 6.20 Å². The third-order valence-electron chi connectivity index (χ3n) is 7.57. The van der Waals surface area contributed by atoms with Crippen molar-refractivity contribution in [1.29, 1.82) is 0 Å². The number of fused-ring (bicyclic) bond motifs is 1. The minimum absolute atomic E-state index is 0.0631. The third-order valence-corrected chi connectivity index (χ3v) is 7.57. The van der Waals surface area contributed by atoms with Gasteiger partial charge in [0.15, 0.2) is 5.78 Å². The summed E-state index contributed by atoms with van der Waals surface area (Å²) in [5.74, 6) is -4.86. The van der Waals surface area contributed by atoms with E-state index in [4.69, 9.17) is 16.2 Å². The molecular weight excluding hydrogens is 580 g/mol. The zero-order chi connectivity index (χ0) is 33.0. The van der Waals surface area contributed by atoms with Gasteiger partial charge in [-0.1, -0.05) is 42.5 Å². The second-order valence-electron chi connectivity index (χ2n) is 12.1. The lowest BCUT2D eigenvalue weighted by Gasteiger charge is -2.42. The lowest BCUT2D eigenvalue weighted by Crippen LogP contribution is -2.74. The zero-order valence-corrected chi connectivity index (χ0v) is 25.5. The summed E-state index contributed by atoms with van der Waals surface area (Å²) in [5.41, 5.74) is 7.23. The number of amides is 3. The van der Waals surface area contributed by atoms with E-state index < -0.39 is 58.8 Å². The number of likely N-dealkylation sites (tertiary alicyclic amines) is 1. The van der Waals surface area contributed by atoms with E-state index >= 15 is 0 Å².